The molecule has 0 aliphatic heterocycles. The summed E-state index contributed by atoms with van der Waals surface area (Å²) in [6, 6.07) is 11.9. The summed E-state index contributed by atoms with van der Waals surface area (Å²) in [6.07, 6.45) is -10.2. The highest BCUT2D eigenvalue weighted by Crippen LogP contribution is 2.62. The van der Waals surface area contributed by atoms with Crippen molar-refractivity contribution in [2.24, 2.45) is 0 Å². The molecule has 0 saturated heterocycles. The Kier molecular flexibility index (Phi) is 7.52. The third kappa shape index (κ3) is 4.52. The smallest absolute Gasteiger partial charge is 0.384 e. The zero-order valence-electron chi connectivity index (χ0n) is 17.9. The van der Waals surface area contributed by atoms with Gasteiger partial charge in [0.15, 0.2) is 0 Å². The Morgan fingerprint density at radius 3 is 1.39 bits per heavy atom. The number of halogens is 13. The van der Waals surface area contributed by atoms with E-state index < -0.39 is 59.3 Å². The third-order valence-electron chi connectivity index (χ3n) is 5.78. The van der Waals surface area contributed by atoms with E-state index >= 15 is 0 Å². The highest BCUT2D eigenvalue weighted by Gasteiger charge is 2.90. The minimum Gasteiger partial charge on any atom is -0.384 e. The molecule has 0 aliphatic carbocycles. The van der Waals surface area contributed by atoms with Gasteiger partial charge in [0.2, 0.25) is 0 Å². The Balaban J connectivity index is 2.64. The summed E-state index contributed by atoms with van der Waals surface area (Å²) in [5.41, 5.74) is -3.80. The maximum Gasteiger partial charge on any atom is 0.460 e. The topological polar surface area (TPSA) is 20.2 Å². The van der Waals surface area contributed by atoms with Crippen molar-refractivity contribution < 1.29 is 62.2 Å². The van der Waals surface area contributed by atoms with Crippen molar-refractivity contribution in [3.8, 4) is 0 Å². The van der Waals surface area contributed by atoms with Gasteiger partial charge in [0.05, 0.1) is 6.42 Å². The van der Waals surface area contributed by atoms with Crippen LogP contribution in [0.5, 0.6) is 0 Å². The normalized spacial score (nSPS) is 17.0. The molecular weight excluding hydrogens is 527 g/mol. The Morgan fingerprint density at radius 2 is 0.972 bits per heavy atom. The van der Waals surface area contributed by atoms with Gasteiger partial charge in [-0.2, -0.15) is 57.1 Å². The van der Waals surface area contributed by atoms with E-state index in [0.717, 1.165) is 31.2 Å². The van der Waals surface area contributed by atoms with Gasteiger partial charge in [-0.3, -0.25) is 0 Å². The summed E-state index contributed by atoms with van der Waals surface area (Å²) in [7, 11) is 0. The number of rotatable bonds is 9. The van der Waals surface area contributed by atoms with Gasteiger partial charge < -0.3 is 5.11 Å². The summed E-state index contributed by atoms with van der Waals surface area (Å²) in [5.74, 6) is -39.3. The molecule has 0 heterocycles. The minimum atomic E-state index is -8.00. The number of hydrogen-bond acceptors (Lipinski definition) is 1. The molecule has 202 valence electrons. The molecule has 0 spiro atoms. The van der Waals surface area contributed by atoms with E-state index in [2.05, 4.69) is 0 Å². The second-order valence-corrected chi connectivity index (χ2v) is 8.10. The SMILES string of the molecule is CC(c1ccccc1)C(O)(CC(F)(F)C(F)(F)C(F)(F)C(F)(F)C(F)(F)C(F)(F)F)c1ccccc1. The molecule has 14 heteroatoms. The van der Waals surface area contributed by atoms with Crippen molar-refractivity contribution in [3.05, 3.63) is 71.8 Å². The number of hydrogen-bond donors (Lipinski definition) is 1. The van der Waals surface area contributed by atoms with E-state index in [0.29, 0.717) is 0 Å². The molecule has 2 aromatic carbocycles. The maximum atomic E-state index is 14.7. The fourth-order valence-corrected chi connectivity index (χ4v) is 3.50. The summed E-state index contributed by atoms with van der Waals surface area (Å²) in [5, 5.41) is 11.1. The van der Waals surface area contributed by atoms with E-state index in [4.69, 9.17) is 0 Å². The van der Waals surface area contributed by atoms with Crippen LogP contribution in [0, 0.1) is 0 Å². The van der Waals surface area contributed by atoms with Crippen LogP contribution in [0.3, 0.4) is 0 Å². The Morgan fingerprint density at radius 1 is 0.583 bits per heavy atom. The number of benzene rings is 2. The van der Waals surface area contributed by atoms with E-state index in [9.17, 15) is 62.2 Å². The van der Waals surface area contributed by atoms with Crippen molar-refractivity contribution in [1.82, 2.24) is 0 Å². The van der Waals surface area contributed by atoms with E-state index in [1.54, 1.807) is 0 Å². The quantitative estimate of drug-likeness (QED) is 0.320. The van der Waals surface area contributed by atoms with Crippen LogP contribution in [0.4, 0.5) is 57.1 Å². The third-order valence-corrected chi connectivity index (χ3v) is 5.78. The minimum absolute atomic E-state index is 0.0105. The monoisotopic (exact) mass is 544 g/mol. The summed E-state index contributed by atoms with van der Waals surface area (Å²) < 4.78 is 176. The predicted molar refractivity (Wildman–Crippen MR) is 101 cm³/mol. The van der Waals surface area contributed by atoms with Crippen LogP contribution in [0.1, 0.15) is 30.4 Å². The average molecular weight is 544 g/mol. The molecule has 2 unspecified atom stereocenters. The van der Waals surface area contributed by atoms with Gasteiger partial charge in [-0.15, -0.1) is 0 Å². The molecule has 0 aliphatic rings. The fraction of sp³-hybridized carbons (Fsp3) is 0.455. The van der Waals surface area contributed by atoms with Crippen LogP contribution >= 0.6 is 0 Å². The number of alkyl halides is 13. The Labute approximate surface area is 195 Å². The molecule has 0 bridgehead atoms. The van der Waals surface area contributed by atoms with Crippen LogP contribution in [-0.4, -0.2) is 40.9 Å². The first-order valence-electron chi connectivity index (χ1n) is 9.86. The van der Waals surface area contributed by atoms with Crippen molar-refractivity contribution >= 4 is 0 Å². The van der Waals surface area contributed by atoms with Gasteiger partial charge >= 0.3 is 35.8 Å². The molecule has 36 heavy (non-hydrogen) atoms. The zero-order chi connectivity index (χ0) is 28.0. The first-order valence-corrected chi connectivity index (χ1v) is 9.86. The summed E-state index contributed by atoms with van der Waals surface area (Å²) >= 11 is 0. The maximum absolute atomic E-state index is 14.7. The molecule has 2 aromatic rings. The molecule has 1 nitrogen and oxygen atoms in total. The summed E-state index contributed by atoms with van der Waals surface area (Å²) in [6.45, 7) is 1.00. The van der Waals surface area contributed by atoms with Crippen molar-refractivity contribution in [1.29, 1.82) is 0 Å². The first-order chi connectivity index (χ1) is 16.1. The summed E-state index contributed by atoms with van der Waals surface area (Å²) in [4.78, 5) is 0. The van der Waals surface area contributed by atoms with Gasteiger partial charge in [0.1, 0.15) is 5.60 Å². The lowest BCUT2D eigenvalue weighted by Crippen LogP contribution is -2.70. The van der Waals surface area contributed by atoms with Gasteiger partial charge in [-0.1, -0.05) is 67.6 Å². The van der Waals surface area contributed by atoms with Crippen LogP contribution in [0.2, 0.25) is 0 Å². The lowest BCUT2D eigenvalue weighted by Gasteiger charge is -2.43. The molecule has 0 amide bonds. The fourth-order valence-electron chi connectivity index (χ4n) is 3.50. The van der Waals surface area contributed by atoms with Gasteiger partial charge in [-0.25, -0.2) is 0 Å². The van der Waals surface area contributed by atoms with Crippen LogP contribution in [0.25, 0.3) is 0 Å². The molecule has 2 rings (SSSR count). The van der Waals surface area contributed by atoms with Gasteiger partial charge in [0, 0.05) is 5.92 Å². The first kappa shape index (κ1) is 29.7. The molecule has 0 fully saturated rings. The zero-order valence-corrected chi connectivity index (χ0v) is 17.9. The van der Waals surface area contributed by atoms with Crippen LogP contribution in [0.15, 0.2) is 60.7 Å². The van der Waals surface area contributed by atoms with Crippen LogP contribution in [-0.2, 0) is 5.60 Å². The van der Waals surface area contributed by atoms with E-state index in [-0.39, 0.29) is 5.56 Å². The Bertz CT molecular complexity index is 1020. The number of aliphatic hydroxyl groups is 1. The molecule has 0 radical (unpaired) electrons. The molecule has 0 aromatic heterocycles. The molecular formula is C22H17F13O. The highest BCUT2D eigenvalue weighted by molar-refractivity contribution is 5.31. The second kappa shape index (κ2) is 9.10. The van der Waals surface area contributed by atoms with Gasteiger partial charge in [0.25, 0.3) is 0 Å². The molecule has 0 saturated carbocycles. The van der Waals surface area contributed by atoms with Crippen LogP contribution < -0.4 is 0 Å². The second-order valence-electron chi connectivity index (χ2n) is 8.10. The average Bonchev–Trinajstić information content (AvgIpc) is 2.78. The predicted octanol–water partition coefficient (Wildman–Crippen LogP) is 7.81. The lowest BCUT2D eigenvalue weighted by molar-refractivity contribution is -0.441. The Hall–Kier alpha value is -2.51. The lowest BCUT2D eigenvalue weighted by atomic mass is 9.73. The standard InChI is InChI=1S/C22H17F13O/c1-13(14-8-4-2-5-9-14)16(36,15-10-6-3-7-11-15)12-17(23,24)18(25,26)19(27,28)20(29,30)21(31,32)22(33,34)35/h2-11,13,36H,12H2,1H3. The van der Waals surface area contributed by atoms with Gasteiger partial charge in [-0.05, 0) is 11.1 Å². The largest absolute Gasteiger partial charge is 0.460 e. The molecule has 1 N–H and O–H groups in total. The van der Waals surface area contributed by atoms with E-state index in [1.807, 2.05) is 0 Å². The van der Waals surface area contributed by atoms with Crippen molar-refractivity contribution in [3.63, 3.8) is 0 Å². The van der Waals surface area contributed by atoms with Crippen molar-refractivity contribution in [2.45, 2.75) is 60.7 Å². The highest BCUT2D eigenvalue weighted by atomic mass is 19.4. The molecule has 2 atom stereocenters. The van der Waals surface area contributed by atoms with E-state index in [1.165, 1.54) is 36.4 Å². The van der Waals surface area contributed by atoms with Crippen molar-refractivity contribution in [2.75, 3.05) is 0 Å².